The SMILES string of the molecule is CNC(=O)C1COCCN1C(=O)c1cn(C2CNC2)nn1. The van der Waals surface area contributed by atoms with Crippen molar-refractivity contribution in [2.45, 2.75) is 12.1 Å². The molecule has 21 heavy (non-hydrogen) atoms. The highest BCUT2D eigenvalue weighted by Crippen LogP contribution is 2.14. The molecule has 3 heterocycles. The zero-order valence-electron chi connectivity index (χ0n) is 11.8. The molecule has 0 aliphatic carbocycles. The van der Waals surface area contributed by atoms with Gasteiger partial charge in [0.25, 0.3) is 5.91 Å². The standard InChI is InChI=1S/C12H18N6O3/c1-13-11(19)10-7-21-3-2-17(10)12(20)9-6-18(16-15-9)8-4-14-5-8/h6,8,10,14H,2-5,7H2,1H3,(H,13,19). The van der Waals surface area contributed by atoms with Gasteiger partial charge in [0.1, 0.15) is 6.04 Å². The van der Waals surface area contributed by atoms with Gasteiger partial charge in [-0.3, -0.25) is 9.59 Å². The van der Waals surface area contributed by atoms with E-state index in [1.54, 1.807) is 17.9 Å². The van der Waals surface area contributed by atoms with Crippen LogP contribution in [0.2, 0.25) is 0 Å². The summed E-state index contributed by atoms with van der Waals surface area (Å²) in [5, 5.41) is 13.6. The third-order valence-electron chi connectivity index (χ3n) is 3.80. The Morgan fingerprint density at radius 3 is 2.95 bits per heavy atom. The normalized spacial score (nSPS) is 22.7. The number of likely N-dealkylation sites (N-methyl/N-ethyl adjacent to an activating group) is 1. The van der Waals surface area contributed by atoms with Gasteiger partial charge in [-0.25, -0.2) is 4.68 Å². The van der Waals surface area contributed by atoms with Crippen LogP contribution >= 0.6 is 0 Å². The summed E-state index contributed by atoms with van der Waals surface area (Å²) in [4.78, 5) is 25.9. The molecule has 1 unspecified atom stereocenters. The van der Waals surface area contributed by atoms with Gasteiger partial charge in [-0.1, -0.05) is 5.21 Å². The van der Waals surface area contributed by atoms with E-state index in [2.05, 4.69) is 20.9 Å². The van der Waals surface area contributed by atoms with Gasteiger partial charge in [0.05, 0.1) is 25.5 Å². The first-order valence-electron chi connectivity index (χ1n) is 6.93. The van der Waals surface area contributed by atoms with Gasteiger partial charge < -0.3 is 20.3 Å². The maximum atomic E-state index is 12.5. The lowest BCUT2D eigenvalue weighted by molar-refractivity contribution is -0.130. The van der Waals surface area contributed by atoms with Gasteiger partial charge in [-0.2, -0.15) is 0 Å². The van der Waals surface area contributed by atoms with Crippen molar-refractivity contribution < 1.29 is 14.3 Å². The van der Waals surface area contributed by atoms with Gasteiger partial charge in [-0.15, -0.1) is 5.10 Å². The van der Waals surface area contributed by atoms with Crippen LogP contribution in [0.4, 0.5) is 0 Å². The van der Waals surface area contributed by atoms with Gasteiger partial charge in [0, 0.05) is 26.7 Å². The Kier molecular flexibility index (Phi) is 3.84. The predicted octanol–water partition coefficient (Wildman–Crippen LogP) is -1.99. The summed E-state index contributed by atoms with van der Waals surface area (Å²) in [5.74, 6) is -0.524. The molecule has 0 aromatic carbocycles. The Bertz CT molecular complexity index is 541. The number of amides is 2. The Morgan fingerprint density at radius 2 is 2.29 bits per heavy atom. The summed E-state index contributed by atoms with van der Waals surface area (Å²) in [6.45, 7) is 2.64. The molecule has 9 heteroatoms. The summed E-state index contributed by atoms with van der Waals surface area (Å²) in [7, 11) is 1.54. The van der Waals surface area contributed by atoms with E-state index in [-0.39, 0.29) is 30.2 Å². The summed E-state index contributed by atoms with van der Waals surface area (Å²) in [6, 6.07) is -0.370. The molecule has 1 aromatic rings. The number of ether oxygens (including phenoxy) is 1. The average molecular weight is 294 g/mol. The molecule has 2 saturated heterocycles. The Hall–Kier alpha value is -2.00. The molecular formula is C12H18N6O3. The second-order valence-electron chi connectivity index (χ2n) is 5.10. The van der Waals surface area contributed by atoms with E-state index < -0.39 is 6.04 Å². The largest absolute Gasteiger partial charge is 0.377 e. The maximum absolute atomic E-state index is 12.5. The quantitative estimate of drug-likeness (QED) is 0.669. The highest BCUT2D eigenvalue weighted by atomic mass is 16.5. The van der Waals surface area contributed by atoms with E-state index in [0.717, 1.165) is 13.1 Å². The second-order valence-corrected chi connectivity index (χ2v) is 5.10. The van der Waals surface area contributed by atoms with E-state index in [9.17, 15) is 9.59 Å². The lowest BCUT2D eigenvalue weighted by atomic mass is 10.2. The summed E-state index contributed by atoms with van der Waals surface area (Å²) >= 11 is 0. The van der Waals surface area contributed by atoms with Crippen LogP contribution in [0.1, 0.15) is 16.5 Å². The molecular weight excluding hydrogens is 276 g/mol. The van der Waals surface area contributed by atoms with E-state index in [1.807, 2.05) is 0 Å². The molecule has 9 nitrogen and oxygen atoms in total. The van der Waals surface area contributed by atoms with Gasteiger partial charge in [-0.05, 0) is 0 Å². The lowest BCUT2D eigenvalue weighted by Crippen LogP contribution is -2.55. The van der Waals surface area contributed by atoms with Crippen LogP contribution in [0.15, 0.2) is 6.20 Å². The van der Waals surface area contributed by atoms with Crippen molar-refractivity contribution in [3.05, 3.63) is 11.9 Å². The third kappa shape index (κ3) is 2.61. The van der Waals surface area contributed by atoms with Gasteiger partial charge in [0.15, 0.2) is 5.69 Å². The van der Waals surface area contributed by atoms with Crippen molar-refractivity contribution >= 4 is 11.8 Å². The Balaban J connectivity index is 1.75. The van der Waals surface area contributed by atoms with Crippen molar-refractivity contribution in [3.63, 3.8) is 0 Å². The smallest absolute Gasteiger partial charge is 0.276 e. The molecule has 0 spiro atoms. The molecule has 1 aromatic heterocycles. The maximum Gasteiger partial charge on any atom is 0.276 e. The lowest BCUT2D eigenvalue weighted by Gasteiger charge is -2.33. The van der Waals surface area contributed by atoms with Crippen LogP contribution in [0.3, 0.4) is 0 Å². The van der Waals surface area contributed by atoms with Crippen LogP contribution in [0, 0.1) is 0 Å². The van der Waals surface area contributed by atoms with E-state index in [4.69, 9.17) is 4.74 Å². The van der Waals surface area contributed by atoms with Crippen molar-refractivity contribution in [1.82, 2.24) is 30.5 Å². The van der Waals surface area contributed by atoms with Crippen molar-refractivity contribution in [3.8, 4) is 0 Å². The number of rotatable bonds is 3. The van der Waals surface area contributed by atoms with E-state index in [1.165, 1.54) is 4.90 Å². The molecule has 1 atom stereocenters. The fourth-order valence-electron chi connectivity index (χ4n) is 2.39. The van der Waals surface area contributed by atoms with Crippen LogP contribution < -0.4 is 10.6 Å². The molecule has 0 bridgehead atoms. The monoisotopic (exact) mass is 294 g/mol. The second kappa shape index (κ2) is 5.78. The number of carbonyl (C=O) groups is 2. The molecule has 3 rings (SSSR count). The Labute approximate surface area is 121 Å². The van der Waals surface area contributed by atoms with Crippen molar-refractivity contribution in [2.75, 3.05) is 39.9 Å². The third-order valence-corrected chi connectivity index (χ3v) is 3.80. The molecule has 0 saturated carbocycles. The van der Waals surface area contributed by atoms with Gasteiger partial charge >= 0.3 is 0 Å². The minimum absolute atomic E-state index is 0.200. The summed E-state index contributed by atoms with van der Waals surface area (Å²) < 4.78 is 6.98. The average Bonchev–Trinajstić information content (AvgIpc) is 2.93. The predicted molar refractivity (Wildman–Crippen MR) is 71.6 cm³/mol. The number of hydrogen-bond acceptors (Lipinski definition) is 6. The molecule has 2 amide bonds. The van der Waals surface area contributed by atoms with Crippen LogP contribution in [0.5, 0.6) is 0 Å². The highest BCUT2D eigenvalue weighted by Gasteiger charge is 2.34. The number of carbonyl (C=O) groups excluding carboxylic acids is 2. The molecule has 0 radical (unpaired) electrons. The number of nitrogens with zero attached hydrogens (tertiary/aromatic N) is 4. The fraction of sp³-hybridized carbons (Fsp3) is 0.667. The zero-order valence-corrected chi connectivity index (χ0v) is 11.8. The van der Waals surface area contributed by atoms with Crippen molar-refractivity contribution in [2.24, 2.45) is 0 Å². The summed E-state index contributed by atoms with van der Waals surface area (Å²) in [6.07, 6.45) is 1.64. The first kappa shape index (κ1) is 14.0. The van der Waals surface area contributed by atoms with E-state index in [0.29, 0.717) is 13.2 Å². The van der Waals surface area contributed by atoms with Crippen LogP contribution in [0.25, 0.3) is 0 Å². The number of hydrogen-bond donors (Lipinski definition) is 2. The van der Waals surface area contributed by atoms with Gasteiger partial charge in [0.2, 0.25) is 5.91 Å². The first-order valence-corrected chi connectivity index (χ1v) is 6.93. The molecule has 2 aliphatic heterocycles. The molecule has 2 N–H and O–H groups in total. The van der Waals surface area contributed by atoms with Crippen LogP contribution in [-0.2, 0) is 9.53 Å². The Morgan fingerprint density at radius 1 is 1.48 bits per heavy atom. The number of aromatic nitrogens is 3. The molecule has 114 valence electrons. The first-order chi connectivity index (χ1) is 10.2. The number of morpholine rings is 1. The minimum Gasteiger partial charge on any atom is -0.377 e. The topological polar surface area (TPSA) is 101 Å². The molecule has 2 aliphatic rings. The van der Waals surface area contributed by atoms with E-state index >= 15 is 0 Å². The molecule has 2 fully saturated rings. The zero-order chi connectivity index (χ0) is 14.8. The van der Waals surface area contributed by atoms with Crippen molar-refractivity contribution in [1.29, 1.82) is 0 Å². The minimum atomic E-state index is -0.619. The van der Waals surface area contributed by atoms with Crippen LogP contribution in [-0.4, -0.2) is 77.6 Å². The summed E-state index contributed by atoms with van der Waals surface area (Å²) in [5.41, 5.74) is 0.262. The fourth-order valence-corrected chi connectivity index (χ4v) is 2.39. The highest BCUT2D eigenvalue weighted by molar-refractivity contribution is 5.96. The number of nitrogens with one attached hydrogen (secondary N) is 2.